The van der Waals surface area contributed by atoms with E-state index in [0.717, 1.165) is 25.1 Å². The SMILES string of the molecule is CN(CCCNC(=O)CNC(=O)Cc1ccccc1)Cc1ccccc1. The molecule has 0 fully saturated rings. The maximum atomic E-state index is 11.8. The fraction of sp³-hybridized carbons (Fsp3) is 0.333. The largest absolute Gasteiger partial charge is 0.355 e. The molecule has 0 aliphatic carbocycles. The number of amides is 2. The van der Waals surface area contributed by atoms with Crippen molar-refractivity contribution in [2.75, 3.05) is 26.7 Å². The minimum Gasteiger partial charge on any atom is -0.355 e. The van der Waals surface area contributed by atoms with E-state index in [2.05, 4.69) is 34.7 Å². The molecule has 2 amide bonds. The third kappa shape index (κ3) is 7.94. The highest BCUT2D eigenvalue weighted by atomic mass is 16.2. The molecule has 0 aliphatic heterocycles. The Hall–Kier alpha value is -2.66. The minimum absolute atomic E-state index is 0.0194. The van der Waals surface area contributed by atoms with Gasteiger partial charge in [0, 0.05) is 13.1 Å². The molecule has 5 nitrogen and oxygen atoms in total. The molecule has 0 atom stereocenters. The van der Waals surface area contributed by atoms with Crippen LogP contribution in [0.4, 0.5) is 0 Å². The van der Waals surface area contributed by atoms with Crippen molar-refractivity contribution in [3.05, 3.63) is 71.8 Å². The number of rotatable bonds is 10. The zero-order chi connectivity index (χ0) is 18.6. The summed E-state index contributed by atoms with van der Waals surface area (Å²) in [6.07, 6.45) is 1.16. The van der Waals surface area contributed by atoms with Gasteiger partial charge in [-0.2, -0.15) is 0 Å². The average Bonchev–Trinajstić information content (AvgIpc) is 2.65. The molecule has 5 heteroatoms. The fourth-order valence-corrected chi connectivity index (χ4v) is 2.64. The monoisotopic (exact) mass is 353 g/mol. The van der Waals surface area contributed by atoms with Crippen LogP contribution in [0.1, 0.15) is 17.5 Å². The number of hydrogen-bond donors (Lipinski definition) is 2. The van der Waals surface area contributed by atoms with E-state index in [1.165, 1.54) is 5.56 Å². The van der Waals surface area contributed by atoms with Gasteiger partial charge in [0.05, 0.1) is 13.0 Å². The zero-order valence-corrected chi connectivity index (χ0v) is 15.3. The van der Waals surface area contributed by atoms with Crippen molar-refractivity contribution in [2.24, 2.45) is 0 Å². The van der Waals surface area contributed by atoms with E-state index in [1.54, 1.807) is 0 Å². The number of hydrogen-bond acceptors (Lipinski definition) is 3. The molecule has 0 radical (unpaired) electrons. The molecule has 26 heavy (non-hydrogen) atoms. The van der Waals surface area contributed by atoms with Gasteiger partial charge in [0.1, 0.15) is 0 Å². The van der Waals surface area contributed by atoms with Crippen LogP contribution in [-0.2, 0) is 22.6 Å². The van der Waals surface area contributed by atoms with Gasteiger partial charge in [-0.15, -0.1) is 0 Å². The van der Waals surface area contributed by atoms with Crippen LogP contribution in [-0.4, -0.2) is 43.4 Å². The van der Waals surface area contributed by atoms with Crippen LogP contribution < -0.4 is 10.6 Å². The van der Waals surface area contributed by atoms with Crippen LogP contribution in [0, 0.1) is 0 Å². The van der Waals surface area contributed by atoms with E-state index in [4.69, 9.17) is 0 Å². The Morgan fingerprint density at radius 1 is 0.846 bits per heavy atom. The van der Waals surface area contributed by atoms with Gasteiger partial charge in [-0.25, -0.2) is 0 Å². The van der Waals surface area contributed by atoms with Gasteiger partial charge in [-0.1, -0.05) is 60.7 Å². The van der Waals surface area contributed by atoms with E-state index >= 15 is 0 Å². The van der Waals surface area contributed by atoms with Crippen LogP contribution in [0.25, 0.3) is 0 Å². The summed E-state index contributed by atoms with van der Waals surface area (Å²) in [6.45, 7) is 2.41. The van der Waals surface area contributed by atoms with Crippen molar-refractivity contribution in [1.82, 2.24) is 15.5 Å². The normalized spacial score (nSPS) is 10.5. The summed E-state index contributed by atoms with van der Waals surface area (Å²) < 4.78 is 0. The van der Waals surface area contributed by atoms with Crippen LogP contribution in [0.3, 0.4) is 0 Å². The second-order valence-corrected chi connectivity index (χ2v) is 6.37. The van der Waals surface area contributed by atoms with Gasteiger partial charge in [0.2, 0.25) is 11.8 Å². The topological polar surface area (TPSA) is 61.4 Å². The third-order valence-electron chi connectivity index (χ3n) is 3.99. The molecule has 0 saturated heterocycles. The van der Waals surface area contributed by atoms with Gasteiger partial charge in [-0.05, 0) is 31.1 Å². The van der Waals surface area contributed by atoms with Gasteiger partial charge in [0.15, 0.2) is 0 Å². The van der Waals surface area contributed by atoms with Gasteiger partial charge < -0.3 is 15.5 Å². The molecule has 2 aromatic carbocycles. The number of carbonyl (C=O) groups is 2. The molecule has 2 aromatic rings. The van der Waals surface area contributed by atoms with Gasteiger partial charge >= 0.3 is 0 Å². The Morgan fingerprint density at radius 2 is 1.46 bits per heavy atom. The number of nitrogens with zero attached hydrogens (tertiary/aromatic N) is 1. The first-order valence-electron chi connectivity index (χ1n) is 8.93. The molecule has 0 aliphatic rings. The molecule has 138 valence electrons. The molecule has 0 aromatic heterocycles. The van der Waals surface area contributed by atoms with Crippen LogP contribution in [0.15, 0.2) is 60.7 Å². The average molecular weight is 353 g/mol. The predicted octanol–water partition coefficient (Wildman–Crippen LogP) is 1.98. The standard InChI is InChI=1S/C21H27N3O2/c1-24(17-19-11-6-3-7-12-19)14-8-13-22-21(26)16-23-20(25)15-18-9-4-2-5-10-18/h2-7,9-12H,8,13-17H2,1H3,(H,22,26)(H,23,25). The molecule has 0 bridgehead atoms. The van der Waals surface area contributed by atoms with Crippen LogP contribution in [0.2, 0.25) is 0 Å². The van der Waals surface area contributed by atoms with Crippen molar-refractivity contribution in [1.29, 1.82) is 0 Å². The Labute approximate surface area is 155 Å². The summed E-state index contributed by atoms with van der Waals surface area (Å²) >= 11 is 0. The Kier molecular flexibility index (Phi) is 8.36. The highest BCUT2D eigenvalue weighted by Gasteiger charge is 2.06. The van der Waals surface area contributed by atoms with Crippen molar-refractivity contribution in [3.63, 3.8) is 0 Å². The first kappa shape index (κ1) is 19.7. The van der Waals surface area contributed by atoms with E-state index in [1.807, 2.05) is 48.5 Å². The Morgan fingerprint density at radius 3 is 2.12 bits per heavy atom. The lowest BCUT2D eigenvalue weighted by Crippen LogP contribution is -2.38. The number of carbonyl (C=O) groups excluding carboxylic acids is 2. The van der Waals surface area contributed by atoms with E-state index in [9.17, 15) is 9.59 Å². The molecular weight excluding hydrogens is 326 g/mol. The summed E-state index contributed by atoms with van der Waals surface area (Å²) in [7, 11) is 2.07. The van der Waals surface area contributed by atoms with E-state index in [0.29, 0.717) is 13.0 Å². The molecule has 2 rings (SSSR count). The number of nitrogens with one attached hydrogen (secondary N) is 2. The maximum absolute atomic E-state index is 11.8. The summed E-state index contributed by atoms with van der Waals surface area (Å²) in [4.78, 5) is 25.8. The highest BCUT2D eigenvalue weighted by molar-refractivity contribution is 5.85. The third-order valence-corrected chi connectivity index (χ3v) is 3.99. The molecule has 0 spiro atoms. The first-order chi connectivity index (χ1) is 12.6. The molecule has 0 saturated carbocycles. The Bertz CT molecular complexity index is 674. The lowest BCUT2D eigenvalue weighted by atomic mass is 10.1. The molecule has 0 heterocycles. The second-order valence-electron chi connectivity index (χ2n) is 6.37. The lowest BCUT2D eigenvalue weighted by Gasteiger charge is -2.16. The quantitative estimate of drug-likeness (QED) is 0.642. The highest BCUT2D eigenvalue weighted by Crippen LogP contribution is 2.02. The minimum atomic E-state index is -0.155. The second kappa shape index (κ2) is 11.1. The van der Waals surface area contributed by atoms with E-state index < -0.39 is 0 Å². The fourth-order valence-electron chi connectivity index (χ4n) is 2.64. The number of benzene rings is 2. The van der Waals surface area contributed by atoms with Crippen molar-refractivity contribution >= 4 is 11.8 Å². The lowest BCUT2D eigenvalue weighted by molar-refractivity contribution is -0.125. The maximum Gasteiger partial charge on any atom is 0.239 e. The molecular formula is C21H27N3O2. The molecule has 2 N–H and O–H groups in total. The summed E-state index contributed by atoms with van der Waals surface area (Å²) in [5.41, 5.74) is 2.21. The smallest absolute Gasteiger partial charge is 0.239 e. The first-order valence-corrected chi connectivity index (χ1v) is 8.93. The van der Waals surface area contributed by atoms with Crippen molar-refractivity contribution in [3.8, 4) is 0 Å². The van der Waals surface area contributed by atoms with Gasteiger partial charge in [-0.3, -0.25) is 9.59 Å². The summed E-state index contributed by atoms with van der Waals surface area (Å²) in [5, 5.41) is 5.49. The van der Waals surface area contributed by atoms with Crippen molar-refractivity contribution < 1.29 is 9.59 Å². The molecule has 0 unspecified atom stereocenters. The van der Waals surface area contributed by atoms with Crippen molar-refractivity contribution in [2.45, 2.75) is 19.4 Å². The summed E-state index contributed by atoms with van der Waals surface area (Å²) in [5.74, 6) is -0.300. The summed E-state index contributed by atoms with van der Waals surface area (Å²) in [6, 6.07) is 19.8. The van der Waals surface area contributed by atoms with Crippen LogP contribution in [0.5, 0.6) is 0 Å². The Balaban J connectivity index is 1.54. The predicted molar refractivity (Wildman–Crippen MR) is 104 cm³/mol. The van der Waals surface area contributed by atoms with Gasteiger partial charge in [0.25, 0.3) is 0 Å². The van der Waals surface area contributed by atoms with E-state index in [-0.39, 0.29) is 18.4 Å². The van der Waals surface area contributed by atoms with Crippen LogP contribution >= 0.6 is 0 Å². The zero-order valence-electron chi connectivity index (χ0n) is 15.3.